The quantitative estimate of drug-likeness (QED) is 0.385. The maximum absolute atomic E-state index is 13.6. The van der Waals surface area contributed by atoms with E-state index in [-0.39, 0.29) is 31.0 Å². The lowest BCUT2D eigenvalue weighted by atomic mass is 9.68. The monoisotopic (exact) mass is 674 g/mol. The van der Waals surface area contributed by atoms with Crippen molar-refractivity contribution in [2.75, 3.05) is 45.4 Å². The van der Waals surface area contributed by atoms with E-state index in [1.165, 1.54) is 18.2 Å². The van der Waals surface area contributed by atoms with Crippen LogP contribution in [-0.4, -0.2) is 76.6 Å². The molecular formula is C35H47ClN2O7S. The number of aliphatic hydroxyl groups excluding tert-OH is 2. The molecule has 2 heterocycles. The molecule has 1 spiro atoms. The van der Waals surface area contributed by atoms with Gasteiger partial charge in [0.05, 0.1) is 36.4 Å². The highest BCUT2D eigenvalue weighted by molar-refractivity contribution is 7.90. The Bertz CT molecular complexity index is 1520. The molecule has 46 heavy (non-hydrogen) atoms. The van der Waals surface area contributed by atoms with E-state index in [9.17, 15) is 18.6 Å². The predicted molar refractivity (Wildman–Crippen MR) is 179 cm³/mol. The topological polar surface area (TPSA) is 118 Å². The second-order valence-electron chi connectivity index (χ2n) is 13.6. The van der Waals surface area contributed by atoms with Gasteiger partial charge in [0, 0.05) is 37.7 Å². The van der Waals surface area contributed by atoms with Crippen LogP contribution in [0.2, 0.25) is 5.02 Å². The first-order valence-electron chi connectivity index (χ1n) is 16.5. The molecule has 9 nitrogen and oxygen atoms in total. The summed E-state index contributed by atoms with van der Waals surface area (Å²) in [5.41, 5.74) is 3.59. The van der Waals surface area contributed by atoms with Crippen LogP contribution in [-0.2, 0) is 31.3 Å². The van der Waals surface area contributed by atoms with Crippen molar-refractivity contribution in [2.45, 2.75) is 80.5 Å². The third-order valence-corrected chi connectivity index (χ3v) is 12.7. The minimum absolute atomic E-state index is 0.0112. The Morgan fingerprint density at radius 1 is 1.17 bits per heavy atom. The van der Waals surface area contributed by atoms with Gasteiger partial charge in [-0.2, -0.15) is 4.72 Å². The molecule has 11 heteroatoms. The molecule has 252 valence electrons. The van der Waals surface area contributed by atoms with Crippen molar-refractivity contribution < 1.29 is 32.8 Å². The highest BCUT2D eigenvalue weighted by Gasteiger charge is 2.44. The SMILES string of the molecule is COC[C@H](O)CC1CC/C=C/[C@H](OC)C2CCC2CN2C[C@@]3(CCCc4cc(Cl)ccc43)COc3ccc(cc32)C(O)NS1(=O)=O. The summed E-state index contributed by atoms with van der Waals surface area (Å²) in [6, 6.07) is 11.7. The molecule has 1 fully saturated rings. The van der Waals surface area contributed by atoms with Gasteiger partial charge in [0.1, 0.15) is 12.0 Å². The number of halogens is 1. The maximum Gasteiger partial charge on any atom is 0.217 e. The van der Waals surface area contributed by atoms with Crippen molar-refractivity contribution in [3.05, 3.63) is 70.3 Å². The van der Waals surface area contributed by atoms with Crippen molar-refractivity contribution in [2.24, 2.45) is 11.8 Å². The summed E-state index contributed by atoms with van der Waals surface area (Å²) < 4.78 is 47.5. The van der Waals surface area contributed by atoms with Crippen LogP contribution < -0.4 is 14.4 Å². The van der Waals surface area contributed by atoms with Crippen LogP contribution in [0.3, 0.4) is 0 Å². The number of hydrogen-bond donors (Lipinski definition) is 3. The lowest BCUT2D eigenvalue weighted by molar-refractivity contribution is 0.0131. The van der Waals surface area contributed by atoms with Crippen LogP contribution in [0, 0.1) is 11.8 Å². The Kier molecular flexibility index (Phi) is 10.3. The fourth-order valence-corrected chi connectivity index (χ4v) is 9.79. The van der Waals surface area contributed by atoms with E-state index >= 15 is 0 Å². The van der Waals surface area contributed by atoms with E-state index in [0.29, 0.717) is 30.4 Å². The molecule has 4 unspecified atom stereocenters. The Morgan fingerprint density at radius 2 is 2.02 bits per heavy atom. The molecule has 6 rings (SSSR count). The van der Waals surface area contributed by atoms with E-state index in [1.807, 2.05) is 24.3 Å². The molecule has 1 saturated carbocycles. The zero-order chi connectivity index (χ0) is 32.5. The number of allylic oxidation sites excluding steroid dienone is 1. The molecule has 0 aromatic heterocycles. The lowest BCUT2D eigenvalue weighted by Gasteiger charge is -2.46. The van der Waals surface area contributed by atoms with Gasteiger partial charge in [-0.3, -0.25) is 0 Å². The number of fused-ring (bicyclic) bond motifs is 4. The van der Waals surface area contributed by atoms with Gasteiger partial charge in [-0.25, -0.2) is 8.42 Å². The number of sulfonamides is 1. The summed E-state index contributed by atoms with van der Waals surface area (Å²) in [5, 5.41) is 21.6. The van der Waals surface area contributed by atoms with Crippen LogP contribution in [0.1, 0.15) is 67.9 Å². The van der Waals surface area contributed by atoms with Crippen LogP contribution in [0.4, 0.5) is 5.69 Å². The number of aliphatic hydroxyl groups is 2. The van der Waals surface area contributed by atoms with Crippen LogP contribution in [0.5, 0.6) is 5.75 Å². The fourth-order valence-electron chi connectivity index (χ4n) is 8.03. The highest BCUT2D eigenvalue weighted by Crippen LogP contribution is 2.47. The van der Waals surface area contributed by atoms with Crippen molar-refractivity contribution >= 4 is 27.3 Å². The summed E-state index contributed by atoms with van der Waals surface area (Å²) in [6.07, 6.45) is 7.48. The van der Waals surface area contributed by atoms with Crippen molar-refractivity contribution in [3.8, 4) is 5.75 Å². The largest absolute Gasteiger partial charge is 0.490 e. The van der Waals surface area contributed by atoms with Gasteiger partial charge < -0.3 is 29.3 Å². The van der Waals surface area contributed by atoms with Crippen LogP contribution in [0.25, 0.3) is 0 Å². The van der Waals surface area contributed by atoms with Gasteiger partial charge in [-0.1, -0.05) is 35.9 Å². The number of methoxy groups -OCH3 is 2. The summed E-state index contributed by atoms with van der Waals surface area (Å²) in [6.45, 7) is 2.07. The van der Waals surface area contributed by atoms with Crippen molar-refractivity contribution in [3.63, 3.8) is 0 Å². The predicted octanol–water partition coefficient (Wildman–Crippen LogP) is 4.88. The van der Waals surface area contributed by atoms with E-state index in [2.05, 4.69) is 27.8 Å². The Balaban J connectivity index is 1.39. The molecular weight excluding hydrogens is 628 g/mol. The molecule has 0 amide bonds. The number of ether oxygens (including phenoxy) is 3. The Labute approximate surface area is 277 Å². The Morgan fingerprint density at radius 3 is 2.78 bits per heavy atom. The summed E-state index contributed by atoms with van der Waals surface area (Å²) >= 11 is 6.42. The number of benzene rings is 2. The summed E-state index contributed by atoms with van der Waals surface area (Å²) in [7, 11) is -0.820. The first-order chi connectivity index (χ1) is 22.1. The van der Waals surface area contributed by atoms with Crippen molar-refractivity contribution in [1.82, 2.24) is 4.72 Å². The smallest absolute Gasteiger partial charge is 0.217 e. The third-order valence-electron chi connectivity index (χ3n) is 10.6. The maximum atomic E-state index is 13.6. The van der Waals surface area contributed by atoms with Gasteiger partial charge in [-0.05, 0) is 104 Å². The molecule has 2 bridgehead atoms. The van der Waals surface area contributed by atoms with E-state index in [4.69, 9.17) is 25.8 Å². The third kappa shape index (κ3) is 6.99. The van der Waals surface area contributed by atoms with E-state index in [1.54, 1.807) is 13.2 Å². The van der Waals surface area contributed by atoms with Gasteiger partial charge in [0.25, 0.3) is 0 Å². The second kappa shape index (κ2) is 14.1. The summed E-state index contributed by atoms with van der Waals surface area (Å²) in [4.78, 5) is 2.40. The first kappa shape index (κ1) is 33.7. The molecule has 0 radical (unpaired) electrons. The molecule has 3 N–H and O–H groups in total. The zero-order valence-electron chi connectivity index (χ0n) is 26.7. The number of nitrogens with zero attached hydrogens (tertiary/aromatic N) is 1. The van der Waals surface area contributed by atoms with Gasteiger partial charge in [-0.15, -0.1) is 0 Å². The molecule has 2 aromatic rings. The van der Waals surface area contributed by atoms with Crippen LogP contribution in [0.15, 0.2) is 48.6 Å². The lowest BCUT2D eigenvalue weighted by Crippen LogP contribution is -2.49. The Hall–Kier alpha value is -2.18. The van der Waals surface area contributed by atoms with Gasteiger partial charge in [0.15, 0.2) is 0 Å². The van der Waals surface area contributed by atoms with Gasteiger partial charge in [0.2, 0.25) is 10.0 Å². The second-order valence-corrected chi connectivity index (χ2v) is 16.0. The minimum atomic E-state index is -4.03. The van der Waals surface area contributed by atoms with E-state index in [0.717, 1.165) is 61.7 Å². The molecule has 7 atom stereocenters. The standard InChI is InChI=1S/C35H47ClN2O7S/c1-43-20-27(39)18-28-7-3-4-8-32(44-2)29-12-9-25(29)19-38-21-35(15-5-6-23-16-26(36)11-13-30(23)35)22-45-33-14-10-24(17-31(33)38)34(40)37-46(28,41)42/h4,8,10-11,13-14,16-17,25,27-29,32,34,37,39-40H,3,5-7,9,12,15,18-22H2,1-2H3/b8-4+/t25?,27-,28?,29?,32+,34?,35+/m1/s1. The average molecular weight is 675 g/mol. The first-order valence-corrected chi connectivity index (χ1v) is 18.4. The fraction of sp³-hybridized carbons (Fsp3) is 0.600. The number of rotatable bonds is 5. The number of anilines is 1. The molecule has 0 saturated heterocycles. The highest BCUT2D eigenvalue weighted by atomic mass is 35.5. The number of hydrogen-bond acceptors (Lipinski definition) is 8. The minimum Gasteiger partial charge on any atom is -0.490 e. The summed E-state index contributed by atoms with van der Waals surface area (Å²) in [5.74, 6) is 1.44. The number of nitrogens with one attached hydrogen (secondary N) is 1. The van der Waals surface area contributed by atoms with Crippen LogP contribution >= 0.6 is 11.6 Å². The molecule has 2 aromatic carbocycles. The number of aryl methyl sites for hydroxylation is 1. The van der Waals surface area contributed by atoms with E-state index < -0.39 is 27.6 Å². The average Bonchev–Trinajstić information content (AvgIpc) is 3.16. The molecule has 4 aliphatic rings. The zero-order valence-corrected chi connectivity index (χ0v) is 28.3. The van der Waals surface area contributed by atoms with Crippen molar-refractivity contribution in [1.29, 1.82) is 0 Å². The van der Waals surface area contributed by atoms with Gasteiger partial charge >= 0.3 is 0 Å². The normalized spacial score (nSPS) is 32.3. The molecule has 2 aliphatic carbocycles. The molecule has 2 aliphatic heterocycles.